The summed E-state index contributed by atoms with van der Waals surface area (Å²) in [5.41, 5.74) is 2.35. The number of carbonyl (C=O) groups is 2. The molecule has 1 saturated heterocycles. The Morgan fingerprint density at radius 3 is 2.26 bits per heavy atom. The zero-order valence-corrected chi connectivity index (χ0v) is 21.0. The Morgan fingerprint density at radius 2 is 1.66 bits per heavy atom. The van der Waals surface area contributed by atoms with E-state index in [2.05, 4.69) is 20.8 Å². The Bertz CT molecular complexity index is 1290. The maximum Gasteiger partial charge on any atom is 0.300 e. The lowest BCUT2D eigenvalue weighted by atomic mass is 9.84. The second-order valence-corrected chi connectivity index (χ2v) is 9.89. The van der Waals surface area contributed by atoms with E-state index < -0.39 is 17.7 Å². The van der Waals surface area contributed by atoms with Gasteiger partial charge in [0.2, 0.25) is 0 Å². The molecule has 0 saturated carbocycles. The Balaban J connectivity index is 1.93. The van der Waals surface area contributed by atoms with E-state index in [1.165, 1.54) is 4.90 Å². The Kier molecular flexibility index (Phi) is 6.73. The van der Waals surface area contributed by atoms with E-state index in [4.69, 9.17) is 16.3 Å². The molecule has 0 bridgehead atoms. The first kappa shape index (κ1) is 24.6. The first-order valence-electron chi connectivity index (χ1n) is 11.5. The highest BCUT2D eigenvalue weighted by molar-refractivity contribution is 6.51. The molecular weight excluding hydrogens is 462 g/mol. The number of hydrogen-bond donors (Lipinski definition) is 1. The average molecular weight is 490 g/mol. The van der Waals surface area contributed by atoms with Crippen molar-refractivity contribution in [2.75, 3.05) is 11.5 Å². The highest BCUT2D eigenvalue weighted by Gasteiger charge is 2.47. The monoisotopic (exact) mass is 489 g/mol. The Labute approximate surface area is 210 Å². The molecule has 1 fully saturated rings. The van der Waals surface area contributed by atoms with Gasteiger partial charge in [-0.05, 0) is 60.4 Å². The number of benzene rings is 3. The van der Waals surface area contributed by atoms with Crippen LogP contribution in [0.5, 0.6) is 5.75 Å². The van der Waals surface area contributed by atoms with Crippen LogP contribution in [0.4, 0.5) is 5.69 Å². The van der Waals surface area contributed by atoms with Crippen LogP contribution >= 0.6 is 11.6 Å². The molecule has 3 aromatic carbocycles. The number of amides is 1. The molecule has 1 amide bonds. The normalized spacial score (nSPS) is 17.6. The number of hydrogen-bond acceptors (Lipinski definition) is 4. The van der Waals surface area contributed by atoms with E-state index in [-0.39, 0.29) is 16.7 Å². The van der Waals surface area contributed by atoms with Crippen LogP contribution in [0.3, 0.4) is 0 Å². The van der Waals surface area contributed by atoms with Gasteiger partial charge in [-0.25, -0.2) is 0 Å². The van der Waals surface area contributed by atoms with Crippen LogP contribution in [-0.2, 0) is 15.0 Å². The predicted octanol–water partition coefficient (Wildman–Crippen LogP) is 6.66. The number of rotatable bonds is 5. The zero-order chi connectivity index (χ0) is 25.3. The van der Waals surface area contributed by atoms with Gasteiger partial charge in [0.05, 0.1) is 18.2 Å². The standard InChI is InChI=1S/C29H28ClNO4/c1-5-35-23-16-11-19(17-22(23)29(2,3)4)26(32)24-25(18-9-7-6-8-10-18)31(28(34)27(24)33)21-14-12-20(30)13-15-21/h6-17,25,32H,5H2,1-4H3/b26-24-. The van der Waals surface area contributed by atoms with E-state index in [9.17, 15) is 14.7 Å². The molecule has 0 aliphatic carbocycles. The van der Waals surface area contributed by atoms with E-state index in [1.807, 2.05) is 43.3 Å². The fourth-order valence-corrected chi connectivity index (χ4v) is 4.48. The topological polar surface area (TPSA) is 66.8 Å². The second-order valence-electron chi connectivity index (χ2n) is 9.45. The lowest BCUT2D eigenvalue weighted by Crippen LogP contribution is -2.29. The first-order valence-corrected chi connectivity index (χ1v) is 11.9. The van der Waals surface area contributed by atoms with Crippen LogP contribution in [-0.4, -0.2) is 23.4 Å². The first-order chi connectivity index (χ1) is 16.6. The Morgan fingerprint density at radius 1 is 1.00 bits per heavy atom. The van der Waals surface area contributed by atoms with Crippen molar-refractivity contribution in [3.8, 4) is 5.75 Å². The van der Waals surface area contributed by atoms with E-state index in [0.29, 0.717) is 28.4 Å². The number of aliphatic hydroxyl groups excluding tert-OH is 1. The molecule has 3 aromatic rings. The quantitative estimate of drug-likeness (QED) is 0.247. The molecule has 0 aromatic heterocycles. The number of anilines is 1. The van der Waals surface area contributed by atoms with Crippen LogP contribution < -0.4 is 9.64 Å². The largest absolute Gasteiger partial charge is 0.507 e. The van der Waals surface area contributed by atoms with Gasteiger partial charge in [-0.3, -0.25) is 14.5 Å². The molecule has 1 aliphatic heterocycles. The van der Waals surface area contributed by atoms with Gasteiger partial charge in [0, 0.05) is 21.8 Å². The van der Waals surface area contributed by atoms with Crippen molar-refractivity contribution in [1.29, 1.82) is 0 Å². The minimum absolute atomic E-state index is 0.0418. The molecule has 1 heterocycles. The third-order valence-corrected chi connectivity index (χ3v) is 6.28. The molecule has 0 spiro atoms. The summed E-state index contributed by atoms with van der Waals surface area (Å²) in [4.78, 5) is 28.0. The van der Waals surface area contributed by atoms with Gasteiger partial charge in [0.1, 0.15) is 11.5 Å². The molecule has 1 unspecified atom stereocenters. The van der Waals surface area contributed by atoms with Crippen LogP contribution in [0, 0.1) is 0 Å². The predicted molar refractivity (Wildman–Crippen MR) is 139 cm³/mol. The summed E-state index contributed by atoms with van der Waals surface area (Å²) in [6, 6.07) is 20.5. The summed E-state index contributed by atoms with van der Waals surface area (Å²) in [5, 5.41) is 12.0. The SMILES string of the molecule is CCOc1ccc(/C(O)=C2/C(=O)C(=O)N(c3ccc(Cl)cc3)C2c2ccccc2)cc1C(C)(C)C. The molecular formula is C29H28ClNO4. The minimum atomic E-state index is -0.790. The molecule has 1 N–H and O–H groups in total. The highest BCUT2D eigenvalue weighted by atomic mass is 35.5. The van der Waals surface area contributed by atoms with Crippen molar-refractivity contribution in [2.45, 2.75) is 39.2 Å². The highest BCUT2D eigenvalue weighted by Crippen LogP contribution is 2.43. The number of halogens is 1. The maximum atomic E-state index is 13.3. The smallest absolute Gasteiger partial charge is 0.300 e. The number of carbonyl (C=O) groups excluding carboxylic acids is 2. The van der Waals surface area contributed by atoms with Crippen molar-refractivity contribution >= 4 is 34.7 Å². The lowest BCUT2D eigenvalue weighted by molar-refractivity contribution is -0.132. The minimum Gasteiger partial charge on any atom is -0.507 e. The average Bonchev–Trinajstić information content (AvgIpc) is 3.10. The fraction of sp³-hybridized carbons (Fsp3) is 0.241. The number of ether oxygens (including phenoxy) is 1. The van der Waals surface area contributed by atoms with Gasteiger partial charge in [0.25, 0.3) is 11.7 Å². The fourth-order valence-electron chi connectivity index (χ4n) is 4.35. The molecule has 6 heteroatoms. The summed E-state index contributed by atoms with van der Waals surface area (Å²) in [6.07, 6.45) is 0. The molecule has 35 heavy (non-hydrogen) atoms. The summed E-state index contributed by atoms with van der Waals surface area (Å²) in [5.74, 6) is -0.942. The molecule has 4 rings (SSSR count). The van der Waals surface area contributed by atoms with Crippen molar-refractivity contribution in [3.63, 3.8) is 0 Å². The summed E-state index contributed by atoms with van der Waals surface area (Å²) >= 11 is 6.05. The van der Waals surface area contributed by atoms with Crippen LogP contribution in [0.1, 0.15) is 50.4 Å². The molecule has 1 aliphatic rings. The third kappa shape index (κ3) is 4.69. The van der Waals surface area contributed by atoms with E-state index >= 15 is 0 Å². The van der Waals surface area contributed by atoms with Crippen LogP contribution in [0.2, 0.25) is 5.02 Å². The number of nitrogens with zero attached hydrogens (tertiary/aromatic N) is 1. The van der Waals surface area contributed by atoms with Gasteiger partial charge < -0.3 is 9.84 Å². The summed E-state index contributed by atoms with van der Waals surface area (Å²) < 4.78 is 5.80. The van der Waals surface area contributed by atoms with Crippen molar-refractivity contribution in [3.05, 3.63) is 100 Å². The van der Waals surface area contributed by atoms with E-state index in [1.54, 1.807) is 36.4 Å². The molecule has 5 nitrogen and oxygen atoms in total. The second kappa shape index (κ2) is 9.59. The van der Waals surface area contributed by atoms with Gasteiger partial charge in [-0.1, -0.05) is 62.7 Å². The number of ketones is 1. The van der Waals surface area contributed by atoms with Crippen molar-refractivity contribution in [2.24, 2.45) is 0 Å². The van der Waals surface area contributed by atoms with E-state index in [0.717, 1.165) is 11.3 Å². The molecule has 0 radical (unpaired) electrons. The third-order valence-electron chi connectivity index (χ3n) is 6.03. The zero-order valence-electron chi connectivity index (χ0n) is 20.2. The van der Waals surface area contributed by atoms with Gasteiger partial charge in [0.15, 0.2) is 0 Å². The lowest BCUT2D eigenvalue weighted by Gasteiger charge is -2.26. The summed E-state index contributed by atoms with van der Waals surface area (Å²) in [7, 11) is 0. The Hall–Kier alpha value is -3.57. The maximum absolute atomic E-state index is 13.3. The number of aliphatic hydroxyl groups is 1. The van der Waals surface area contributed by atoms with Gasteiger partial charge >= 0.3 is 0 Å². The van der Waals surface area contributed by atoms with Crippen molar-refractivity contribution in [1.82, 2.24) is 0 Å². The van der Waals surface area contributed by atoms with Crippen LogP contribution in [0.15, 0.2) is 78.4 Å². The number of Topliss-reactive ketones (excluding diaryl/α,β-unsaturated/α-hetero) is 1. The van der Waals surface area contributed by atoms with Gasteiger partial charge in [-0.2, -0.15) is 0 Å². The molecule has 180 valence electrons. The van der Waals surface area contributed by atoms with Gasteiger partial charge in [-0.15, -0.1) is 0 Å². The van der Waals surface area contributed by atoms with Crippen molar-refractivity contribution < 1.29 is 19.4 Å². The molecule has 1 atom stereocenters. The summed E-state index contributed by atoms with van der Waals surface area (Å²) in [6.45, 7) is 8.58. The van der Waals surface area contributed by atoms with Crippen LogP contribution in [0.25, 0.3) is 5.76 Å².